The van der Waals surface area contributed by atoms with E-state index in [0.29, 0.717) is 76.4 Å². The zero-order valence-electron chi connectivity index (χ0n) is 37.1. The molecule has 0 atom stereocenters. The van der Waals surface area contributed by atoms with Gasteiger partial charge in [0.05, 0.1) is 29.1 Å². The lowest BCUT2D eigenvalue weighted by Gasteiger charge is -2.24. The van der Waals surface area contributed by atoms with Gasteiger partial charge in [-0.2, -0.15) is 5.10 Å². The van der Waals surface area contributed by atoms with Crippen LogP contribution in [0.5, 0.6) is 5.75 Å². The molecule has 7 aromatic rings. The van der Waals surface area contributed by atoms with Gasteiger partial charge in [-0.1, -0.05) is 19.1 Å². The van der Waals surface area contributed by atoms with Gasteiger partial charge in [0.15, 0.2) is 11.7 Å². The molecule has 0 spiro atoms. The van der Waals surface area contributed by atoms with Crippen LogP contribution >= 0.6 is 0 Å². The standard InChI is InChI=1S/C44H51N13O7/c1-9-30-35(63-25(4)49-30)41(60)52-42-50-31-20-26(36(45)58)21-33(62-17-13-14-54(8)43(61)64-44(5,6)7)34(31)55(42)15-11-12-16-56-39-28(19-27(22-48-39)37(46)59)29-23-47-38(51-40(29)56)32-18-24(3)53-57(32)10-2/h11-12,18-23H,9-10,13-17H2,1-8H3,(H2,45,58)(H2,46,59)(H,50,52,60)/b12-11+. The number of aryl methyl sites for hydroxylation is 4. The van der Waals surface area contributed by atoms with E-state index < -0.39 is 29.4 Å². The number of imidazole rings is 1. The molecule has 4 amide bonds. The van der Waals surface area contributed by atoms with Crippen LogP contribution in [0.15, 0.2) is 53.2 Å². The number of anilines is 1. The Hall–Kier alpha value is -7.64. The molecule has 7 rings (SSSR count). The molecule has 20 nitrogen and oxygen atoms in total. The lowest BCUT2D eigenvalue weighted by Crippen LogP contribution is -2.35. The number of hydrogen-bond donors (Lipinski definition) is 3. The fraction of sp³-hybridized carbons (Fsp3) is 0.364. The molecule has 5 N–H and O–H groups in total. The number of rotatable bonds is 16. The molecule has 0 fully saturated rings. The summed E-state index contributed by atoms with van der Waals surface area (Å²) in [6.45, 7) is 14.3. The maximum atomic E-state index is 13.8. The van der Waals surface area contributed by atoms with E-state index in [2.05, 4.69) is 25.4 Å². The lowest BCUT2D eigenvalue weighted by atomic mass is 10.1. The van der Waals surface area contributed by atoms with Crippen LogP contribution in [-0.2, 0) is 30.8 Å². The second-order valence-electron chi connectivity index (χ2n) is 16.1. The fourth-order valence-electron chi connectivity index (χ4n) is 7.21. The number of hydrogen-bond acceptors (Lipinski definition) is 13. The Kier molecular flexibility index (Phi) is 12.5. The number of nitrogens with two attached hydrogens (primary N) is 2. The summed E-state index contributed by atoms with van der Waals surface area (Å²) in [7, 11) is 1.64. The number of carbonyl (C=O) groups excluding carboxylic acids is 4. The second kappa shape index (κ2) is 18.0. The van der Waals surface area contributed by atoms with Crippen molar-refractivity contribution < 1.29 is 33.1 Å². The third-order valence-corrected chi connectivity index (χ3v) is 10.2. The molecular formula is C44H51N13O7. The summed E-state index contributed by atoms with van der Waals surface area (Å²) in [4.78, 5) is 75.9. The molecule has 20 heteroatoms. The van der Waals surface area contributed by atoms with Crippen LogP contribution in [0, 0.1) is 13.8 Å². The predicted octanol–water partition coefficient (Wildman–Crippen LogP) is 5.72. The van der Waals surface area contributed by atoms with Gasteiger partial charge >= 0.3 is 6.09 Å². The van der Waals surface area contributed by atoms with Crippen molar-refractivity contribution in [2.45, 2.75) is 86.5 Å². The molecule has 64 heavy (non-hydrogen) atoms. The Morgan fingerprint density at radius 3 is 2.31 bits per heavy atom. The number of primary amides is 2. The largest absolute Gasteiger partial charge is 0.491 e. The first-order chi connectivity index (χ1) is 30.5. The van der Waals surface area contributed by atoms with Crippen molar-refractivity contribution in [1.29, 1.82) is 0 Å². The van der Waals surface area contributed by atoms with Gasteiger partial charge in [0, 0.05) is 68.9 Å². The number of nitrogens with zero attached hydrogens (tertiary/aromatic N) is 10. The van der Waals surface area contributed by atoms with Crippen LogP contribution < -0.4 is 21.5 Å². The second-order valence-corrected chi connectivity index (χ2v) is 16.1. The van der Waals surface area contributed by atoms with Crippen LogP contribution in [-0.4, -0.2) is 98.3 Å². The van der Waals surface area contributed by atoms with Crippen molar-refractivity contribution in [2.75, 3.05) is 25.5 Å². The van der Waals surface area contributed by atoms with Crippen molar-refractivity contribution in [1.82, 2.24) is 48.7 Å². The first kappa shape index (κ1) is 44.4. The Morgan fingerprint density at radius 2 is 1.62 bits per heavy atom. The summed E-state index contributed by atoms with van der Waals surface area (Å²) < 4.78 is 22.9. The van der Waals surface area contributed by atoms with Crippen LogP contribution in [0.3, 0.4) is 0 Å². The van der Waals surface area contributed by atoms with E-state index in [4.69, 9.17) is 35.3 Å². The summed E-state index contributed by atoms with van der Waals surface area (Å²) in [5.74, 6) is -0.617. The number of benzene rings is 1. The number of pyridine rings is 1. The summed E-state index contributed by atoms with van der Waals surface area (Å²) in [5, 5.41) is 8.77. The number of carbonyl (C=O) groups is 4. The monoisotopic (exact) mass is 873 g/mol. The van der Waals surface area contributed by atoms with Gasteiger partial charge in [-0.3, -0.25) is 24.4 Å². The molecule has 0 aliphatic rings. The molecule has 0 saturated heterocycles. The summed E-state index contributed by atoms with van der Waals surface area (Å²) in [6.07, 6.45) is 7.32. The molecule has 1 aromatic carbocycles. The van der Waals surface area contributed by atoms with Crippen LogP contribution in [0.2, 0.25) is 0 Å². The van der Waals surface area contributed by atoms with E-state index in [1.807, 2.05) is 48.2 Å². The Labute approximate surface area is 367 Å². The quantitative estimate of drug-likeness (QED) is 0.0776. The minimum absolute atomic E-state index is 0.0504. The first-order valence-electron chi connectivity index (χ1n) is 20.8. The van der Waals surface area contributed by atoms with Gasteiger partial charge < -0.3 is 39.4 Å². The SMILES string of the molecule is CCc1nc(C)oc1C(=O)Nc1nc2cc(C(N)=O)cc(OCCCN(C)C(=O)OC(C)(C)C)c2n1C/C=C/Cn1c2ncc(C(N)=O)cc2c2cnc(-c3cc(C)nn3CC)nc21. The van der Waals surface area contributed by atoms with Crippen molar-refractivity contribution in [3.63, 3.8) is 0 Å². The van der Waals surface area contributed by atoms with Gasteiger partial charge in [-0.15, -0.1) is 0 Å². The Balaban J connectivity index is 1.26. The average Bonchev–Trinajstić information content (AvgIpc) is 4.00. The minimum atomic E-state index is -0.704. The van der Waals surface area contributed by atoms with Gasteiger partial charge in [-0.25, -0.2) is 29.7 Å². The van der Waals surface area contributed by atoms with Gasteiger partial charge in [0.1, 0.15) is 33.9 Å². The highest BCUT2D eigenvalue weighted by Crippen LogP contribution is 2.33. The molecule has 0 aliphatic carbocycles. The van der Waals surface area contributed by atoms with Crippen LogP contribution in [0.1, 0.15) is 89.6 Å². The first-order valence-corrected chi connectivity index (χ1v) is 20.8. The number of nitrogens with one attached hydrogen (secondary N) is 1. The van der Waals surface area contributed by atoms with Gasteiger partial charge in [0.25, 0.3) is 5.91 Å². The normalized spacial score (nSPS) is 11.9. The molecule has 6 aromatic heterocycles. The molecule has 0 saturated carbocycles. The predicted molar refractivity (Wildman–Crippen MR) is 238 cm³/mol. The highest BCUT2D eigenvalue weighted by Gasteiger charge is 2.25. The van der Waals surface area contributed by atoms with E-state index in [1.54, 1.807) is 51.6 Å². The number of amides is 4. The summed E-state index contributed by atoms with van der Waals surface area (Å²) >= 11 is 0. The van der Waals surface area contributed by atoms with E-state index in [0.717, 1.165) is 11.4 Å². The van der Waals surface area contributed by atoms with Crippen molar-refractivity contribution >= 4 is 62.9 Å². The lowest BCUT2D eigenvalue weighted by molar-refractivity contribution is 0.0291. The van der Waals surface area contributed by atoms with Gasteiger partial charge in [0.2, 0.25) is 23.5 Å². The topological polar surface area (TPSA) is 259 Å². The molecule has 0 bridgehead atoms. The molecule has 0 radical (unpaired) electrons. The van der Waals surface area contributed by atoms with Crippen LogP contribution in [0.4, 0.5) is 10.7 Å². The molecule has 0 aliphatic heterocycles. The number of oxazole rings is 1. The Bertz CT molecular complexity index is 2970. The maximum absolute atomic E-state index is 13.8. The number of aromatic nitrogens is 9. The average molecular weight is 874 g/mol. The third-order valence-electron chi connectivity index (χ3n) is 10.2. The van der Waals surface area contributed by atoms with Gasteiger partial charge in [-0.05, 0) is 71.7 Å². The minimum Gasteiger partial charge on any atom is -0.491 e. The summed E-state index contributed by atoms with van der Waals surface area (Å²) in [6, 6.07) is 6.66. The fourth-order valence-corrected chi connectivity index (χ4v) is 7.21. The van der Waals surface area contributed by atoms with E-state index in [9.17, 15) is 19.2 Å². The number of ether oxygens (including phenoxy) is 2. The van der Waals surface area contributed by atoms with E-state index in [-0.39, 0.29) is 48.3 Å². The number of allylic oxidation sites excluding steroid dienone is 2. The summed E-state index contributed by atoms with van der Waals surface area (Å²) in [5.41, 5.74) is 15.1. The molecule has 6 heterocycles. The zero-order valence-corrected chi connectivity index (χ0v) is 37.1. The molecule has 334 valence electrons. The van der Waals surface area contributed by atoms with Crippen molar-refractivity contribution in [3.8, 4) is 17.3 Å². The zero-order chi connectivity index (χ0) is 46.0. The Morgan fingerprint density at radius 1 is 0.891 bits per heavy atom. The molecular weight excluding hydrogens is 823 g/mol. The maximum Gasteiger partial charge on any atom is 0.410 e. The van der Waals surface area contributed by atoms with Crippen molar-refractivity contribution in [3.05, 3.63) is 83.0 Å². The third kappa shape index (κ3) is 9.25. The van der Waals surface area contributed by atoms with Crippen LogP contribution in [0.25, 0.3) is 44.6 Å². The highest BCUT2D eigenvalue weighted by molar-refractivity contribution is 6.08. The molecule has 0 unspecified atom stereocenters. The smallest absolute Gasteiger partial charge is 0.410 e. The van der Waals surface area contributed by atoms with Crippen molar-refractivity contribution in [2.24, 2.45) is 11.5 Å². The van der Waals surface area contributed by atoms with E-state index >= 15 is 0 Å². The highest BCUT2D eigenvalue weighted by atomic mass is 16.6. The van der Waals surface area contributed by atoms with E-state index in [1.165, 1.54) is 23.2 Å². The number of fused-ring (bicyclic) bond motifs is 4.